The Morgan fingerprint density at radius 1 is 0.396 bits per heavy atom. The van der Waals surface area contributed by atoms with E-state index in [1.165, 1.54) is 43.4 Å². The van der Waals surface area contributed by atoms with Crippen molar-refractivity contribution in [1.82, 2.24) is 23.5 Å². The number of imidazole rings is 1. The van der Waals surface area contributed by atoms with E-state index in [1.807, 2.05) is 6.20 Å². The number of fused-ring (bicyclic) bond motifs is 15. The summed E-state index contributed by atoms with van der Waals surface area (Å²) in [6, 6.07) is 60.9. The number of pyridine rings is 2. The number of rotatable bonds is 3. The molecule has 53 heavy (non-hydrogen) atoms. The van der Waals surface area contributed by atoms with Crippen LogP contribution in [0.15, 0.2) is 176 Å². The summed E-state index contributed by atoms with van der Waals surface area (Å²) in [5, 5.41) is 8.40. The van der Waals surface area contributed by atoms with Crippen molar-refractivity contribution < 1.29 is 0 Å². The van der Waals surface area contributed by atoms with Gasteiger partial charge in [0.25, 0.3) is 0 Å². The second kappa shape index (κ2) is 10.6. The van der Waals surface area contributed by atoms with Crippen LogP contribution in [0.5, 0.6) is 0 Å². The molecule has 0 aliphatic heterocycles. The highest BCUT2D eigenvalue weighted by atomic mass is 15.1. The van der Waals surface area contributed by atoms with Crippen LogP contribution in [0.4, 0.5) is 0 Å². The Hall–Kier alpha value is -7.24. The number of aromatic nitrogens is 5. The highest BCUT2D eigenvalue weighted by Gasteiger charge is 2.21. The molecule has 0 saturated carbocycles. The lowest BCUT2D eigenvalue weighted by atomic mass is 10.0. The third-order valence-corrected chi connectivity index (χ3v) is 11.0. The molecule has 0 atom stereocenters. The number of hydrogen-bond donors (Lipinski definition) is 0. The Labute approximate surface area is 303 Å². The molecular weight excluding hydrogens is 647 g/mol. The average molecular weight is 676 g/mol. The molecule has 5 aromatic heterocycles. The molecule has 12 aromatic rings. The van der Waals surface area contributed by atoms with E-state index in [2.05, 4.69) is 183 Å². The van der Waals surface area contributed by atoms with Crippen LogP contribution in [0.3, 0.4) is 0 Å². The van der Waals surface area contributed by atoms with E-state index in [4.69, 9.17) is 9.97 Å². The zero-order valence-corrected chi connectivity index (χ0v) is 28.5. The summed E-state index contributed by atoms with van der Waals surface area (Å²) in [5.41, 5.74) is 12.3. The highest BCUT2D eigenvalue weighted by Crippen LogP contribution is 2.42. The van der Waals surface area contributed by atoms with E-state index in [-0.39, 0.29) is 0 Å². The van der Waals surface area contributed by atoms with Gasteiger partial charge in [0.15, 0.2) is 0 Å². The van der Waals surface area contributed by atoms with Crippen molar-refractivity contribution in [2.75, 3.05) is 0 Å². The minimum absolute atomic E-state index is 0.882. The monoisotopic (exact) mass is 675 g/mol. The second-order valence-electron chi connectivity index (χ2n) is 13.8. The van der Waals surface area contributed by atoms with E-state index in [1.54, 1.807) is 0 Å². The lowest BCUT2D eigenvalue weighted by Gasteiger charge is -2.12. The topological polar surface area (TPSA) is 40.0 Å². The fourth-order valence-corrected chi connectivity index (χ4v) is 8.81. The van der Waals surface area contributed by atoms with Crippen molar-refractivity contribution >= 4 is 82.0 Å². The first-order valence-corrected chi connectivity index (χ1v) is 18.0. The first-order valence-electron chi connectivity index (χ1n) is 18.0. The maximum atomic E-state index is 5.19. The van der Waals surface area contributed by atoms with Crippen LogP contribution in [0.2, 0.25) is 0 Å². The molecule has 7 aromatic carbocycles. The smallest absolute Gasteiger partial charge is 0.146 e. The summed E-state index contributed by atoms with van der Waals surface area (Å²) in [4.78, 5) is 10.2. The zero-order chi connectivity index (χ0) is 34.6. The van der Waals surface area contributed by atoms with E-state index >= 15 is 0 Å². The van der Waals surface area contributed by atoms with Crippen molar-refractivity contribution in [3.05, 3.63) is 176 Å². The van der Waals surface area contributed by atoms with Gasteiger partial charge in [-0.3, -0.25) is 8.97 Å². The van der Waals surface area contributed by atoms with Crippen LogP contribution in [-0.2, 0) is 0 Å². The number of hydrogen-bond acceptors (Lipinski definition) is 2. The van der Waals surface area contributed by atoms with Gasteiger partial charge in [0.2, 0.25) is 0 Å². The molecule has 5 heteroatoms. The van der Waals surface area contributed by atoms with E-state index in [9.17, 15) is 0 Å². The van der Waals surface area contributed by atoms with Gasteiger partial charge in [0.05, 0.1) is 38.6 Å². The first kappa shape index (κ1) is 28.5. The molecule has 0 aliphatic rings. The van der Waals surface area contributed by atoms with Crippen molar-refractivity contribution in [2.45, 2.75) is 0 Å². The minimum atomic E-state index is 0.882. The Morgan fingerprint density at radius 3 is 1.89 bits per heavy atom. The number of para-hydroxylation sites is 5. The van der Waals surface area contributed by atoms with Crippen LogP contribution in [-0.4, -0.2) is 23.5 Å². The molecule has 0 saturated heterocycles. The minimum Gasteiger partial charge on any atom is -0.309 e. The van der Waals surface area contributed by atoms with E-state index in [0.29, 0.717) is 0 Å². The molecule has 0 spiro atoms. The van der Waals surface area contributed by atoms with E-state index < -0.39 is 0 Å². The maximum Gasteiger partial charge on any atom is 0.146 e. The quantitative estimate of drug-likeness (QED) is 0.175. The molecule has 246 valence electrons. The van der Waals surface area contributed by atoms with Gasteiger partial charge >= 0.3 is 0 Å². The third kappa shape index (κ3) is 3.91. The summed E-state index contributed by atoms with van der Waals surface area (Å²) >= 11 is 0. The lowest BCUT2D eigenvalue weighted by molar-refractivity contribution is 1.08. The molecule has 0 unspecified atom stereocenters. The van der Waals surface area contributed by atoms with E-state index in [0.717, 1.165) is 61.2 Å². The molecule has 0 fully saturated rings. The SMILES string of the molecule is c1ccc(-n2c3ccccc3c3cc(-c4ccnc(-n5c6ccccc6c6c5ccc5c7ccccc7c7nc8ccccc8n7c56)c4)ccc32)cc1. The summed E-state index contributed by atoms with van der Waals surface area (Å²) in [6.07, 6.45) is 1.94. The van der Waals surface area contributed by atoms with Crippen LogP contribution >= 0.6 is 0 Å². The van der Waals surface area contributed by atoms with Crippen LogP contribution < -0.4 is 0 Å². The Kier molecular flexibility index (Phi) is 5.71. The van der Waals surface area contributed by atoms with Gasteiger partial charge < -0.3 is 4.57 Å². The van der Waals surface area contributed by atoms with Crippen molar-refractivity contribution in [3.63, 3.8) is 0 Å². The zero-order valence-electron chi connectivity index (χ0n) is 28.5. The number of benzene rings is 7. The molecule has 0 N–H and O–H groups in total. The molecule has 12 rings (SSSR count). The molecule has 0 bridgehead atoms. The largest absolute Gasteiger partial charge is 0.309 e. The van der Waals surface area contributed by atoms with Gasteiger partial charge in [-0.25, -0.2) is 9.97 Å². The summed E-state index contributed by atoms with van der Waals surface area (Å²) in [6.45, 7) is 0. The fraction of sp³-hybridized carbons (Fsp3) is 0. The first-order chi connectivity index (χ1) is 26.3. The van der Waals surface area contributed by atoms with Gasteiger partial charge in [-0.1, -0.05) is 103 Å². The summed E-state index contributed by atoms with van der Waals surface area (Å²) < 4.78 is 7.06. The van der Waals surface area contributed by atoms with Crippen molar-refractivity contribution in [3.8, 4) is 22.6 Å². The van der Waals surface area contributed by atoms with Gasteiger partial charge in [0.1, 0.15) is 11.5 Å². The molecule has 5 nitrogen and oxygen atoms in total. The predicted octanol–water partition coefficient (Wildman–Crippen LogP) is 12.1. The number of nitrogens with zero attached hydrogens (tertiary/aromatic N) is 5. The second-order valence-corrected chi connectivity index (χ2v) is 13.8. The average Bonchev–Trinajstić information content (AvgIpc) is 3.89. The molecule has 0 amide bonds. The summed E-state index contributed by atoms with van der Waals surface area (Å²) in [7, 11) is 0. The normalized spacial score (nSPS) is 12.2. The van der Waals surface area contributed by atoms with Crippen LogP contribution in [0.1, 0.15) is 0 Å². The molecule has 5 heterocycles. The maximum absolute atomic E-state index is 5.19. The predicted molar refractivity (Wildman–Crippen MR) is 220 cm³/mol. The lowest BCUT2D eigenvalue weighted by Crippen LogP contribution is -1.98. The highest BCUT2D eigenvalue weighted by molar-refractivity contribution is 6.26. The van der Waals surface area contributed by atoms with Gasteiger partial charge in [0, 0.05) is 44.2 Å². The van der Waals surface area contributed by atoms with Crippen molar-refractivity contribution in [1.29, 1.82) is 0 Å². The van der Waals surface area contributed by atoms with Gasteiger partial charge in [-0.2, -0.15) is 0 Å². The van der Waals surface area contributed by atoms with Gasteiger partial charge in [-0.05, 0) is 83.2 Å². The van der Waals surface area contributed by atoms with Crippen LogP contribution in [0, 0.1) is 0 Å². The standard InChI is InChI=1S/C48H29N5/c1-2-12-32(13-3-1)51-40-19-9-6-15-34(40)38-28-30(22-24-42(38)51)31-26-27-49-45(29-31)52-41-20-10-7-17-37(41)46-44(52)25-23-35-33-14-4-5-16-36(33)48-50-39-18-8-11-21-43(39)53(48)47(35)46/h1-29H. The molecule has 0 radical (unpaired) electrons. The molecule has 0 aliphatic carbocycles. The Bertz CT molecular complexity index is 3460. The van der Waals surface area contributed by atoms with Crippen molar-refractivity contribution in [2.24, 2.45) is 0 Å². The molecular formula is C48H29N5. The van der Waals surface area contributed by atoms with Gasteiger partial charge in [-0.15, -0.1) is 0 Å². The Morgan fingerprint density at radius 2 is 1.04 bits per heavy atom. The summed E-state index contributed by atoms with van der Waals surface area (Å²) in [5.74, 6) is 0.882. The Balaban J connectivity index is 1.13. The third-order valence-electron chi connectivity index (χ3n) is 11.0. The van der Waals surface area contributed by atoms with Crippen LogP contribution in [0.25, 0.3) is 105 Å². The fourth-order valence-electron chi connectivity index (χ4n) is 8.81.